The number of H-pyrrole nitrogens is 1. The van der Waals surface area contributed by atoms with Crippen LogP contribution in [0.1, 0.15) is 20.4 Å². The van der Waals surface area contributed by atoms with Crippen molar-refractivity contribution in [1.29, 1.82) is 0 Å². The monoisotopic (exact) mass is 262 g/mol. The lowest BCUT2D eigenvalue weighted by Crippen LogP contribution is -2.22. The second kappa shape index (κ2) is 5.95. The van der Waals surface area contributed by atoms with E-state index in [9.17, 15) is 4.79 Å². The number of carbonyl (C=O) groups is 1. The van der Waals surface area contributed by atoms with Crippen LogP contribution in [0.4, 0.5) is 0 Å². The number of hydrogen-bond acceptors (Lipinski definition) is 5. The van der Waals surface area contributed by atoms with Gasteiger partial charge in [-0.3, -0.25) is 9.89 Å². The molecule has 7 heteroatoms. The highest BCUT2D eigenvalue weighted by Crippen LogP contribution is 2.15. The highest BCUT2D eigenvalue weighted by atomic mass is 32.1. The number of aliphatic hydroxyl groups is 1. The molecule has 0 saturated carbocycles. The lowest BCUT2D eigenvalue weighted by molar-refractivity contribution is 0.0954. The summed E-state index contributed by atoms with van der Waals surface area (Å²) in [5.74, 6) is 5.69. The molecule has 0 aliphatic carbocycles. The molecular formula is C11H10N4O2S. The maximum absolute atomic E-state index is 11.8. The number of nitrogens with zero attached hydrogens (tertiary/aromatic N) is 2. The van der Waals surface area contributed by atoms with Crippen LogP contribution in [0.2, 0.25) is 0 Å². The molecule has 2 aromatic rings. The molecule has 92 valence electrons. The van der Waals surface area contributed by atoms with Gasteiger partial charge in [-0.15, -0.1) is 11.3 Å². The van der Waals surface area contributed by atoms with Gasteiger partial charge in [-0.05, 0) is 12.1 Å². The minimum Gasteiger partial charge on any atom is -0.384 e. The van der Waals surface area contributed by atoms with Gasteiger partial charge in [-0.2, -0.15) is 5.10 Å². The Balaban J connectivity index is 1.94. The van der Waals surface area contributed by atoms with Crippen molar-refractivity contribution < 1.29 is 9.90 Å². The first kappa shape index (κ1) is 12.3. The third kappa shape index (κ3) is 3.16. The highest BCUT2D eigenvalue weighted by Gasteiger charge is 2.08. The quantitative estimate of drug-likeness (QED) is 0.686. The Kier molecular flexibility index (Phi) is 4.06. The maximum atomic E-state index is 11.8. The van der Waals surface area contributed by atoms with E-state index in [0.717, 1.165) is 4.88 Å². The minimum atomic E-state index is -0.190. The lowest BCUT2D eigenvalue weighted by Gasteiger charge is -1.99. The number of aliphatic hydroxyl groups excluding tert-OH is 1. The molecule has 0 aromatic carbocycles. The van der Waals surface area contributed by atoms with Gasteiger partial charge in [0.2, 0.25) is 0 Å². The molecule has 0 fully saturated rings. The number of rotatable bonds is 3. The first-order valence-electron chi connectivity index (χ1n) is 5.11. The van der Waals surface area contributed by atoms with E-state index in [1.807, 2.05) is 0 Å². The number of nitrogens with one attached hydrogen (secondary N) is 2. The van der Waals surface area contributed by atoms with Gasteiger partial charge >= 0.3 is 0 Å². The fourth-order valence-corrected chi connectivity index (χ4v) is 2.02. The zero-order valence-electron chi connectivity index (χ0n) is 9.30. The van der Waals surface area contributed by atoms with Gasteiger partial charge in [0.05, 0.1) is 16.3 Å². The Labute approximate surface area is 107 Å². The zero-order valence-corrected chi connectivity index (χ0v) is 10.1. The largest absolute Gasteiger partial charge is 0.384 e. The van der Waals surface area contributed by atoms with E-state index in [1.165, 1.54) is 17.7 Å². The average Bonchev–Trinajstić information content (AvgIpc) is 3.04. The number of amides is 1. The predicted octanol–water partition coefficient (Wildman–Crippen LogP) is 0.140. The van der Waals surface area contributed by atoms with Gasteiger partial charge < -0.3 is 10.4 Å². The molecule has 0 spiro atoms. The van der Waals surface area contributed by atoms with Gasteiger partial charge in [0.25, 0.3) is 5.91 Å². The van der Waals surface area contributed by atoms with Crippen LogP contribution in [-0.2, 0) is 6.54 Å². The number of thiophene rings is 1. The summed E-state index contributed by atoms with van der Waals surface area (Å²) in [4.78, 5) is 17.0. The molecule has 0 bridgehead atoms. The molecule has 3 N–H and O–H groups in total. The van der Waals surface area contributed by atoms with E-state index in [0.29, 0.717) is 17.2 Å². The van der Waals surface area contributed by atoms with Crippen LogP contribution in [0.3, 0.4) is 0 Å². The first-order chi connectivity index (χ1) is 8.79. The van der Waals surface area contributed by atoms with Gasteiger partial charge in [-0.25, -0.2) is 4.98 Å². The van der Waals surface area contributed by atoms with Crippen LogP contribution >= 0.6 is 11.3 Å². The molecule has 0 aliphatic heterocycles. The van der Waals surface area contributed by atoms with E-state index in [1.54, 1.807) is 12.1 Å². The second-order valence-corrected chi connectivity index (χ2v) is 4.32. The molecule has 0 aliphatic rings. The van der Waals surface area contributed by atoms with E-state index in [-0.39, 0.29) is 12.5 Å². The summed E-state index contributed by atoms with van der Waals surface area (Å²) >= 11 is 1.28. The van der Waals surface area contributed by atoms with Crippen LogP contribution in [0.15, 0.2) is 18.5 Å². The maximum Gasteiger partial charge on any atom is 0.261 e. The summed E-state index contributed by atoms with van der Waals surface area (Å²) < 4.78 is 0. The number of aromatic nitrogens is 3. The van der Waals surface area contributed by atoms with E-state index in [4.69, 9.17) is 5.11 Å². The molecule has 2 aromatic heterocycles. The molecule has 1 amide bonds. The number of aromatic amines is 1. The summed E-state index contributed by atoms with van der Waals surface area (Å²) in [6, 6.07) is 3.44. The minimum absolute atomic E-state index is 0.187. The van der Waals surface area contributed by atoms with Crippen LogP contribution in [0.5, 0.6) is 0 Å². The van der Waals surface area contributed by atoms with Crippen molar-refractivity contribution >= 4 is 17.2 Å². The Hall–Kier alpha value is -2.17. The molecule has 6 nitrogen and oxygen atoms in total. The highest BCUT2D eigenvalue weighted by molar-refractivity contribution is 7.14. The fourth-order valence-electron chi connectivity index (χ4n) is 1.22. The number of carbonyl (C=O) groups excluding carboxylic acids is 1. The molecule has 0 unspecified atom stereocenters. The average molecular weight is 262 g/mol. The molecule has 2 heterocycles. The van der Waals surface area contributed by atoms with Gasteiger partial charge in [0, 0.05) is 0 Å². The lowest BCUT2D eigenvalue weighted by atomic mass is 10.4. The van der Waals surface area contributed by atoms with Crippen LogP contribution < -0.4 is 5.32 Å². The van der Waals surface area contributed by atoms with Crippen molar-refractivity contribution in [3.63, 3.8) is 0 Å². The van der Waals surface area contributed by atoms with Crippen LogP contribution in [0, 0.1) is 11.8 Å². The van der Waals surface area contributed by atoms with Crippen molar-refractivity contribution in [2.24, 2.45) is 0 Å². The van der Waals surface area contributed by atoms with Crippen molar-refractivity contribution in [3.05, 3.63) is 34.0 Å². The van der Waals surface area contributed by atoms with Crippen molar-refractivity contribution in [1.82, 2.24) is 20.5 Å². The smallest absolute Gasteiger partial charge is 0.261 e. The fraction of sp³-hybridized carbons (Fsp3) is 0.182. The Morgan fingerprint density at radius 1 is 1.56 bits per heavy atom. The van der Waals surface area contributed by atoms with Crippen LogP contribution in [0.25, 0.3) is 0 Å². The van der Waals surface area contributed by atoms with Gasteiger partial charge in [0.1, 0.15) is 18.8 Å². The van der Waals surface area contributed by atoms with Crippen molar-refractivity contribution in [2.45, 2.75) is 6.54 Å². The molecule has 0 atom stereocenters. The summed E-state index contributed by atoms with van der Waals surface area (Å²) in [6.45, 7) is 0.110. The predicted molar refractivity (Wildman–Crippen MR) is 65.8 cm³/mol. The molecular weight excluding hydrogens is 252 g/mol. The number of hydrogen-bond donors (Lipinski definition) is 3. The molecule has 2 rings (SSSR count). The topological polar surface area (TPSA) is 90.9 Å². The first-order valence-corrected chi connectivity index (χ1v) is 5.93. The van der Waals surface area contributed by atoms with Crippen molar-refractivity contribution in [3.8, 4) is 11.8 Å². The SMILES string of the molecule is O=C(NCc1ncn[nH]1)c1ccc(C#CCO)s1. The standard InChI is InChI=1S/C11H10N4O2S/c16-5-1-2-8-3-4-9(18-8)11(17)12-6-10-13-7-14-15-10/h3-4,7,16H,5-6H2,(H,12,17)(H,13,14,15). The van der Waals surface area contributed by atoms with E-state index >= 15 is 0 Å². The van der Waals surface area contributed by atoms with Gasteiger partial charge in [-0.1, -0.05) is 11.8 Å². The summed E-state index contributed by atoms with van der Waals surface area (Å²) in [6.07, 6.45) is 1.38. The Bertz CT molecular complexity index is 580. The Morgan fingerprint density at radius 3 is 3.17 bits per heavy atom. The van der Waals surface area contributed by atoms with E-state index in [2.05, 4.69) is 32.3 Å². The molecule has 18 heavy (non-hydrogen) atoms. The molecule has 0 radical (unpaired) electrons. The van der Waals surface area contributed by atoms with Crippen molar-refractivity contribution in [2.75, 3.05) is 6.61 Å². The summed E-state index contributed by atoms with van der Waals surface area (Å²) in [5.41, 5.74) is 0. The van der Waals surface area contributed by atoms with E-state index < -0.39 is 0 Å². The normalized spacial score (nSPS) is 9.61. The second-order valence-electron chi connectivity index (χ2n) is 3.24. The van der Waals surface area contributed by atoms with Gasteiger partial charge in [0.15, 0.2) is 0 Å². The summed E-state index contributed by atoms with van der Waals surface area (Å²) in [7, 11) is 0. The third-order valence-corrected chi connectivity index (χ3v) is 3.00. The molecule has 0 saturated heterocycles. The Morgan fingerprint density at radius 2 is 2.44 bits per heavy atom. The zero-order chi connectivity index (χ0) is 12.8. The third-order valence-electron chi connectivity index (χ3n) is 2.00. The van der Waals surface area contributed by atoms with Crippen LogP contribution in [-0.4, -0.2) is 32.8 Å². The summed E-state index contributed by atoms with van der Waals surface area (Å²) in [5, 5.41) is 17.6.